The predicted octanol–water partition coefficient (Wildman–Crippen LogP) is 4.10. The molecule has 1 saturated heterocycles. The molecular weight excluding hydrogens is 1630 g/mol. The number of benzene rings is 1. The van der Waals surface area contributed by atoms with Gasteiger partial charge in [0.15, 0.2) is 23.3 Å². The van der Waals surface area contributed by atoms with E-state index in [1.165, 1.54) is 60.1 Å². The van der Waals surface area contributed by atoms with Crippen molar-refractivity contribution in [3.8, 4) is 5.00 Å². The fraction of sp³-hybridized carbons (Fsp3) is 0.524. The van der Waals surface area contributed by atoms with E-state index in [-0.39, 0.29) is 123 Å². The third-order valence-electron chi connectivity index (χ3n) is 21.3. The number of halogens is 1. The van der Waals surface area contributed by atoms with E-state index in [2.05, 4.69) is 113 Å². The Labute approximate surface area is 722 Å². The molecule has 664 valence electrons. The van der Waals surface area contributed by atoms with Crippen LogP contribution in [0.3, 0.4) is 0 Å². The monoisotopic (exact) mass is 1740 g/mol. The minimum Gasteiger partial charge on any atom is -0.378 e. The number of carbonyl (C=O) groups is 9. The number of piperazine rings is 1. The number of nitrogens with zero attached hydrogens (tertiary/aromatic N) is 15. The number of amides is 9. The smallest absolute Gasteiger partial charge is 0.291 e. The predicted molar refractivity (Wildman–Crippen MR) is 460 cm³/mol. The Morgan fingerprint density at radius 1 is 0.520 bits per heavy atom. The molecule has 0 bridgehead atoms. The van der Waals surface area contributed by atoms with Gasteiger partial charge in [-0.05, 0) is 83.3 Å². The maximum atomic E-state index is 13.8. The number of hydrogen-bond donors (Lipinski definition) is 9. The van der Waals surface area contributed by atoms with Crippen LogP contribution in [0.25, 0.3) is 5.00 Å². The molecule has 2 aliphatic heterocycles. The summed E-state index contributed by atoms with van der Waals surface area (Å²) in [5.74, 6) is -2.17. The number of carbonyl (C=O) groups excluding carboxylic acids is 9. The summed E-state index contributed by atoms with van der Waals surface area (Å²) in [6, 6.07) is 10.7. The average molecular weight is 1740 g/mol. The van der Waals surface area contributed by atoms with Crippen molar-refractivity contribution < 1.29 is 71.6 Å². The van der Waals surface area contributed by atoms with Crippen LogP contribution in [0.4, 0.5) is 23.0 Å². The molecule has 9 amide bonds. The number of fused-ring (bicyclic) bond motifs is 3. The average Bonchev–Trinajstić information content (AvgIpc) is 1.59. The van der Waals surface area contributed by atoms with Gasteiger partial charge >= 0.3 is 0 Å². The SMILES string of the molecule is Cc1sc2c(c1C)C(c1ccc(Cl)cc1)=N[C@@H](CC(=O)NC1CCC(N(C)CCOCCOCCOCCN3CCN(CCOCCOCCOCCNC(=O)CCNC(=O)c4nc(NC(=O)CCNC(=O)c5cc(NC(=O)c6nc(NC(=O)CCNC(=O)c7cc(NC(=O)c8nccn8C)cn7C)cn6C)cn5C)cn4C)CC3)CC1)c1nnc(C)n1-2. The fourth-order valence-electron chi connectivity index (χ4n) is 14.4. The molecule has 3 aliphatic rings. The van der Waals surface area contributed by atoms with Crippen LogP contribution >= 0.6 is 22.9 Å². The maximum absolute atomic E-state index is 13.8. The Morgan fingerprint density at radius 2 is 1.02 bits per heavy atom. The van der Waals surface area contributed by atoms with Crippen LogP contribution in [0.5, 0.6) is 0 Å². The number of aryl methyl sites for hydroxylation is 7. The first-order valence-electron chi connectivity index (χ1n) is 41.3. The first-order chi connectivity index (χ1) is 59.3. The van der Waals surface area contributed by atoms with Crippen molar-refractivity contribution in [3.05, 3.63) is 141 Å². The fourth-order valence-corrected chi connectivity index (χ4v) is 15.7. The number of ether oxygens (including phenoxy) is 6. The van der Waals surface area contributed by atoms with Crippen LogP contribution in [0.1, 0.15) is 143 Å². The third-order valence-corrected chi connectivity index (χ3v) is 22.7. The minimum absolute atomic E-state index is 0.00198. The van der Waals surface area contributed by atoms with E-state index in [9.17, 15) is 43.2 Å². The van der Waals surface area contributed by atoms with Crippen LogP contribution < -0.4 is 47.9 Å². The number of nitrogens with one attached hydrogen (secondary N) is 9. The first-order valence-corrected chi connectivity index (χ1v) is 42.5. The first kappa shape index (κ1) is 92.8. The second-order valence-corrected chi connectivity index (χ2v) is 32.0. The van der Waals surface area contributed by atoms with E-state index in [0.29, 0.717) is 95.3 Å². The molecule has 123 heavy (non-hydrogen) atoms. The number of aliphatic imine (C=N–C) groups is 1. The molecule has 8 aromatic rings. The number of aromatic nitrogens is 11. The van der Waals surface area contributed by atoms with Crippen molar-refractivity contribution >= 4 is 105 Å². The highest BCUT2D eigenvalue weighted by atomic mass is 35.5. The molecule has 11 rings (SSSR count). The molecule has 7 aromatic heterocycles. The van der Waals surface area contributed by atoms with Gasteiger partial charge in [-0.15, -0.1) is 21.5 Å². The zero-order valence-corrected chi connectivity index (χ0v) is 72.8. The second-order valence-electron chi connectivity index (χ2n) is 30.3. The van der Waals surface area contributed by atoms with E-state index in [0.717, 1.165) is 105 Å². The largest absolute Gasteiger partial charge is 0.378 e. The molecule has 1 aliphatic carbocycles. The van der Waals surface area contributed by atoms with Gasteiger partial charge in [-0.1, -0.05) is 23.7 Å². The lowest BCUT2D eigenvalue weighted by atomic mass is 9.90. The van der Waals surface area contributed by atoms with Gasteiger partial charge in [0.25, 0.3) is 29.5 Å². The van der Waals surface area contributed by atoms with Gasteiger partial charge in [-0.3, -0.25) is 62.5 Å². The van der Waals surface area contributed by atoms with Crippen molar-refractivity contribution in [1.82, 2.24) is 93.8 Å². The molecule has 2 fully saturated rings. The van der Waals surface area contributed by atoms with Gasteiger partial charge in [0.2, 0.25) is 35.3 Å². The Hall–Kier alpha value is -10.9. The van der Waals surface area contributed by atoms with E-state index in [1.807, 2.05) is 31.2 Å². The van der Waals surface area contributed by atoms with Crippen molar-refractivity contribution in [3.63, 3.8) is 0 Å². The summed E-state index contributed by atoms with van der Waals surface area (Å²) in [5, 5.41) is 35.4. The summed E-state index contributed by atoms with van der Waals surface area (Å²) in [4.78, 5) is 143. The van der Waals surface area contributed by atoms with Gasteiger partial charge in [0, 0.05) is 197 Å². The van der Waals surface area contributed by atoms with Gasteiger partial charge in [0.1, 0.15) is 28.3 Å². The Bertz CT molecular complexity index is 4950. The van der Waals surface area contributed by atoms with Crippen LogP contribution in [-0.4, -0.2) is 297 Å². The van der Waals surface area contributed by atoms with Crippen molar-refractivity contribution in [1.29, 1.82) is 0 Å². The molecule has 0 spiro atoms. The number of hydrogen-bond acceptors (Lipinski definition) is 25. The molecule has 9 N–H and O–H groups in total. The summed E-state index contributed by atoms with van der Waals surface area (Å²) < 4.78 is 44.2. The number of anilines is 4. The molecule has 1 atom stereocenters. The van der Waals surface area contributed by atoms with Crippen molar-refractivity contribution in [2.45, 2.75) is 90.3 Å². The zero-order valence-electron chi connectivity index (χ0n) is 71.2. The highest BCUT2D eigenvalue weighted by Gasteiger charge is 2.35. The van der Waals surface area contributed by atoms with Crippen LogP contribution in [-0.2, 0) is 82.8 Å². The highest BCUT2D eigenvalue weighted by molar-refractivity contribution is 7.15. The summed E-state index contributed by atoms with van der Waals surface area (Å²) in [5.41, 5.74) is 5.04. The van der Waals surface area contributed by atoms with E-state index < -0.39 is 47.4 Å². The number of thiophene rings is 1. The summed E-state index contributed by atoms with van der Waals surface area (Å²) in [7, 11) is 10.2. The number of likely N-dealkylation sites (N-methyl/N-ethyl adjacent to an activating group) is 1. The lowest BCUT2D eigenvalue weighted by Gasteiger charge is -2.35. The Balaban J connectivity index is 0.440. The molecule has 0 unspecified atom stereocenters. The normalized spacial score (nSPS) is 15.4. The van der Waals surface area contributed by atoms with Crippen LogP contribution in [0, 0.1) is 20.8 Å². The van der Waals surface area contributed by atoms with Crippen molar-refractivity contribution in [2.75, 3.05) is 180 Å². The standard InChI is InChI=1S/C82H113ClN24O15S/c1-53-54(2)123-82-71(53)72(56-10-12-57(83)13-11-56)92-62(73-98-97-55(3)107(73)82)48-70(111)89-58-14-16-61(17-15-58)99(4)31-35-118-39-43-122-45-41-120-37-33-106-29-27-105(28-30-106)32-36-119-40-44-121-42-38-117-34-25-84-67(108)18-21-88-79(114)75-95-65(51-103(75)8)93-68(109)19-22-87-78(113)64-47-60(50-102(64)7)91-81(116)76-96-66(52-104(76)9)94-69(110)20-23-86-77(112)63-46-59(49-101(63)6)90-80(115)74-85-24-26-100(74)5/h10-13,24,26,46-47,49-52,58,61-62H,14-23,25,27-45,48H2,1-9H3,(H,84,108)(H,86,112)(H,87,113)(H,88,114)(H,89,111)(H,90,115)(H,91,116)(H,93,109)(H,94,110)/t58?,61?,62-/m0/s1. The quantitative estimate of drug-likeness (QED) is 0.0242. The van der Waals surface area contributed by atoms with E-state index in [1.54, 1.807) is 63.5 Å². The topological polar surface area (TPSA) is 433 Å². The Kier molecular flexibility index (Phi) is 34.7. The third kappa shape index (κ3) is 27.0. The molecule has 9 heterocycles. The zero-order chi connectivity index (χ0) is 87.5. The minimum atomic E-state index is -0.636. The molecular formula is C82H113ClN24O15S. The Morgan fingerprint density at radius 3 is 1.55 bits per heavy atom. The molecule has 41 heteroatoms. The molecule has 1 aromatic carbocycles. The highest BCUT2D eigenvalue weighted by Crippen LogP contribution is 2.40. The number of imidazole rings is 3. The summed E-state index contributed by atoms with van der Waals surface area (Å²) >= 11 is 7.99. The van der Waals surface area contributed by atoms with Gasteiger partial charge in [-0.2, -0.15) is 0 Å². The second kappa shape index (κ2) is 46.0. The lowest BCUT2D eigenvalue weighted by Crippen LogP contribution is -2.48. The lowest BCUT2D eigenvalue weighted by molar-refractivity contribution is -0.123. The summed E-state index contributed by atoms with van der Waals surface area (Å²) in [6.07, 6.45) is 12.8. The summed E-state index contributed by atoms with van der Waals surface area (Å²) in [6.45, 7) is 18.7. The van der Waals surface area contributed by atoms with Crippen molar-refractivity contribution in [2.24, 2.45) is 40.2 Å². The molecule has 39 nitrogen and oxygen atoms in total. The van der Waals surface area contributed by atoms with Crippen LogP contribution in [0.15, 0.2) is 78.6 Å². The van der Waals surface area contributed by atoms with E-state index in [4.69, 9.17) is 45.0 Å². The van der Waals surface area contributed by atoms with E-state index >= 15 is 0 Å². The number of rotatable bonds is 47. The van der Waals surface area contributed by atoms with Gasteiger partial charge in [-0.25, -0.2) is 15.0 Å². The van der Waals surface area contributed by atoms with Crippen LogP contribution in [0.2, 0.25) is 5.02 Å². The molecule has 0 radical (unpaired) electrons. The van der Waals surface area contributed by atoms with Gasteiger partial charge in [0.05, 0.1) is 103 Å². The molecule has 1 saturated carbocycles. The maximum Gasteiger partial charge on any atom is 0.291 e. The van der Waals surface area contributed by atoms with Gasteiger partial charge < -0.3 is 104 Å².